The van der Waals surface area contributed by atoms with Gasteiger partial charge in [-0.25, -0.2) is 4.79 Å². The predicted molar refractivity (Wildman–Crippen MR) is 81.2 cm³/mol. The number of aliphatic carboxylic acids is 1. The van der Waals surface area contributed by atoms with Crippen LogP contribution >= 0.6 is 0 Å². The number of piperidine rings is 1. The van der Waals surface area contributed by atoms with Crippen molar-refractivity contribution >= 4 is 12.0 Å². The molecule has 0 spiro atoms. The number of likely N-dealkylation sites (tertiary alicyclic amines) is 1. The minimum atomic E-state index is -0.777. The molecule has 2 N–H and O–H groups in total. The molecule has 1 saturated carbocycles. The summed E-state index contributed by atoms with van der Waals surface area (Å²) in [7, 11) is 0. The van der Waals surface area contributed by atoms with Gasteiger partial charge in [0.25, 0.3) is 0 Å². The average molecular weight is 296 g/mol. The van der Waals surface area contributed by atoms with Gasteiger partial charge in [0.05, 0.1) is 0 Å². The van der Waals surface area contributed by atoms with Gasteiger partial charge in [-0.3, -0.25) is 4.79 Å². The first kappa shape index (κ1) is 16.1. The fourth-order valence-corrected chi connectivity index (χ4v) is 3.55. The second kappa shape index (κ2) is 7.14. The van der Waals surface area contributed by atoms with Crippen LogP contribution in [-0.2, 0) is 4.79 Å². The maximum atomic E-state index is 12.4. The minimum Gasteiger partial charge on any atom is -0.481 e. The second-order valence-corrected chi connectivity index (χ2v) is 6.64. The molecule has 1 unspecified atom stereocenters. The highest BCUT2D eigenvalue weighted by atomic mass is 16.4. The summed E-state index contributed by atoms with van der Waals surface area (Å²) in [5.41, 5.74) is 0.321. The van der Waals surface area contributed by atoms with Gasteiger partial charge in [0, 0.05) is 25.6 Å². The maximum absolute atomic E-state index is 12.4. The van der Waals surface area contributed by atoms with Gasteiger partial charge in [-0.2, -0.15) is 0 Å². The number of carbonyl (C=O) groups excluding carboxylic acids is 1. The second-order valence-electron chi connectivity index (χ2n) is 6.64. The first-order chi connectivity index (χ1) is 10.1. The highest BCUT2D eigenvalue weighted by molar-refractivity contribution is 5.75. The van der Waals surface area contributed by atoms with Crippen LogP contribution in [0.25, 0.3) is 0 Å². The molecule has 2 amide bonds. The van der Waals surface area contributed by atoms with Crippen LogP contribution in [0.5, 0.6) is 0 Å². The van der Waals surface area contributed by atoms with Crippen LogP contribution in [0, 0.1) is 5.41 Å². The molecular weight excluding hydrogens is 268 g/mol. The van der Waals surface area contributed by atoms with Crippen LogP contribution in [0.1, 0.15) is 64.7 Å². The molecular formula is C16H28N2O3. The Morgan fingerprint density at radius 3 is 2.62 bits per heavy atom. The minimum absolute atomic E-state index is 0.00446. The van der Waals surface area contributed by atoms with Crippen LogP contribution < -0.4 is 5.32 Å². The molecule has 2 rings (SSSR count). The summed E-state index contributed by atoms with van der Waals surface area (Å²) in [6.45, 7) is 3.72. The summed E-state index contributed by atoms with van der Waals surface area (Å²) < 4.78 is 0. The average Bonchev–Trinajstić information content (AvgIpc) is 2.44. The van der Waals surface area contributed by atoms with E-state index in [-0.39, 0.29) is 18.5 Å². The molecule has 5 nitrogen and oxygen atoms in total. The monoisotopic (exact) mass is 296 g/mol. The fraction of sp³-hybridized carbons (Fsp3) is 0.875. The smallest absolute Gasteiger partial charge is 0.317 e. The molecule has 1 aliphatic heterocycles. The Morgan fingerprint density at radius 1 is 1.29 bits per heavy atom. The Bertz CT molecular complexity index is 374. The topological polar surface area (TPSA) is 69.6 Å². The predicted octanol–water partition coefficient (Wildman–Crippen LogP) is 3.00. The third-order valence-corrected chi connectivity index (χ3v) is 5.36. The summed E-state index contributed by atoms with van der Waals surface area (Å²) in [5, 5.41) is 11.9. The van der Waals surface area contributed by atoms with Crippen molar-refractivity contribution in [1.29, 1.82) is 0 Å². The summed E-state index contributed by atoms with van der Waals surface area (Å²) in [4.78, 5) is 25.0. The van der Waals surface area contributed by atoms with Gasteiger partial charge in [0.2, 0.25) is 0 Å². The van der Waals surface area contributed by atoms with Crippen LogP contribution in [0.15, 0.2) is 0 Å². The number of hydrogen-bond donors (Lipinski definition) is 2. The van der Waals surface area contributed by atoms with Gasteiger partial charge in [0.15, 0.2) is 0 Å². The van der Waals surface area contributed by atoms with Crippen molar-refractivity contribution in [3.8, 4) is 0 Å². The molecule has 1 heterocycles. The molecule has 0 aromatic rings. The van der Waals surface area contributed by atoms with Crippen LogP contribution in [0.2, 0.25) is 0 Å². The molecule has 0 aromatic carbocycles. The zero-order valence-corrected chi connectivity index (χ0v) is 13.1. The molecule has 21 heavy (non-hydrogen) atoms. The standard InChI is InChI=1S/C16H28N2O3/c1-2-16(9-5-10-16)12-17-15(21)18-11-4-3-6-13(18)7-8-14(19)20/h13H,2-12H2,1H3,(H,17,21)(H,19,20). The number of rotatable bonds is 6. The van der Waals surface area contributed by atoms with Gasteiger partial charge in [-0.15, -0.1) is 0 Å². The molecule has 2 aliphatic rings. The van der Waals surface area contributed by atoms with Gasteiger partial charge >= 0.3 is 12.0 Å². The molecule has 5 heteroatoms. The molecule has 0 bridgehead atoms. The van der Waals surface area contributed by atoms with Gasteiger partial charge in [0.1, 0.15) is 0 Å². The SMILES string of the molecule is CCC1(CNC(=O)N2CCCCC2CCC(=O)O)CCC1. The maximum Gasteiger partial charge on any atom is 0.317 e. The zero-order chi connectivity index (χ0) is 15.3. The lowest BCUT2D eigenvalue weighted by Gasteiger charge is -2.42. The Morgan fingerprint density at radius 2 is 2.05 bits per heavy atom. The molecule has 1 aliphatic carbocycles. The van der Waals surface area contributed by atoms with E-state index in [0.717, 1.165) is 38.8 Å². The molecule has 2 fully saturated rings. The quantitative estimate of drug-likeness (QED) is 0.791. The van der Waals surface area contributed by atoms with E-state index in [9.17, 15) is 9.59 Å². The molecule has 1 saturated heterocycles. The van der Waals surface area contributed by atoms with E-state index in [1.54, 1.807) is 0 Å². The van der Waals surface area contributed by atoms with Crippen LogP contribution in [0.3, 0.4) is 0 Å². The normalized spacial score (nSPS) is 24.2. The van der Waals surface area contributed by atoms with E-state index < -0.39 is 5.97 Å². The van der Waals surface area contributed by atoms with Crippen molar-refractivity contribution in [2.24, 2.45) is 5.41 Å². The van der Waals surface area contributed by atoms with Crippen LogP contribution in [-0.4, -0.2) is 41.1 Å². The van der Waals surface area contributed by atoms with Gasteiger partial charge in [-0.1, -0.05) is 13.3 Å². The van der Waals surface area contributed by atoms with Crippen molar-refractivity contribution in [2.45, 2.75) is 70.8 Å². The Kier molecular flexibility index (Phi) is 5.48. The van der Waals surface area contributed by atoms with Crippen LogP contribution in [0.4, 0.5) is 4.79 Å². The number of nitrogens with one attached hydrogen (secondary N) is 1. The Hall–Kier alpha value is -1.26. The van der Waals surface area contributed by atoms with Crippen molar-refractivity contribution in [3.05, 3.63) is 0 Å². The van der Waals surface area contributed by atoms with Crippen molar-refractivity contribution < 1.29 is 14.7 Å². The van der Waals surface area contributed by atoms with E-state index in [1.165, 1.54) is 19.3 Å². The zero-order valence-electron chi connectivity index (χ0n) is 13.1. The Balaban J connectivity index is 1.84. The number of carbonyl (C=O) groups is 2. The number of urea groups is 1. The summed E-state index contributed by atoms with van der Waals surface area (Å²) in [6, 6.07) is 0.0960. The third kappa shape index (κ3) is 4.11. The van der Waals surface area contributed by atoms with E-state index in [2.05, 4.69) is 12.2 Å². The highest BCUT2D eigenvalue weighted by Crippen LogP contribution is 2.43. The summed E-state index contributed by atoms with van der Waals surface area (Å²) >= 11 is 0. The summed E-state index contributed by atoms with van der Waals surface area (Å²) in [5.74, 6) is -0.777. The van der Waals surface area contributed by atoms with Crippen molar-refractivity contribution in [1.82, 2.24) is 10.2 Å². The third-order valence-electron chi connectivity index (χ3n) is 5.36. The van der Waals surface area contributed by atoms with E-state index >= 15 is 0 Å². The Labute approximate surface area is 127 Å². The summed E-state index contributed by atoms with van der Waals surface area (Å²) in [6.07, 6.45) is 8.58. The lowest BCUT2D eigenvalue weighted by atomic mass is 9.67. The van der Waals surface area contributed by atoms with E-state index in [4.69, 9.17) is 5.11 Å². The lowest BCUT2D eigenvalue weighted by molar-refractivity contribution is -0.137. The van der Waals surface area contributed by atoms with Crippen molar-refractivity contribution in [3.63, 3.8) is 0 Å². The number of carboxylic acid groups (broad SMARTS) is 1. The fourth-order valence-electron chi connectivity index (χ4n) is 3.55. The highest BCUT2D eigenvalue weighted by Gasteiger charge is 2.36. The lowest BCUT2D eigenvalue weighted by Crippen LogP contribution is -2.51. The molecule has 0 radical (unpaired) electrons. The number of amides is 2. The number of nitrogens with zero attached hydrogens (tertiary/aromatic N) is 1. The first-order valence-corrected chi connectivity index (χ1v) is 8.32. The first-order valence-electron chi connectivity index (χ1n) is 8.32. The number of hydrogen-bond acceptors (Lipinski definition) is 2. The number of carboxylic acids is 1. The molecule has 0 aromatic heterocycles. The van der Waals surface area contributed by atoms with Gasteiger partial charge < -0.3 is 15.3 Å². The van der Waals surface area contributed by atoms with Crippen molar-refractivity contribution in [2.75, 3.05) is 13.1 Å². The molecule has 120 valence electrons. The van der Waals surface area contributed by atoms with E-state index in [1.807, 2.05) is 4.90 Å². The molecule has 1 atom stereocenters. The largest absolute Gasteiger partial charge is 0.481 e. The van der Waals surface area contributed by atoms with Gasteiger partial charge in [-0.05, 0) is 50.4 Å². The van der Waals surface area contributed by atoms with E-state index in [0.29, 0.717) is 11.8 Å².